The van der Waals surface area contributed by atoms with Crippen molar-refractivity contribution in [2.45, 2.75) is 65.0 Å². The van der Waals surface area contributed by atoms with E-state index in [0.29, 0.717) is 16.9 Å². The summed E-state index contributed by atoms with van der Waals surface area (Å²) in [6.45, 7) is 12.7. The Morgan fingerprint density at radius 2 is 1.56 bits per heavy atom. The lowest BCUT2D eigenvalue weighted by molar-refractivity contribution is 0.0446. The molecule has 9 nitrogen and oxygen atoms in total. The van der Waals surface area contributed by atoms with E-state index in [9.17, 15) is 18.0 Å². The van der Waals surface area contributed by atoms with E-state index in [0.717, 1.165) is 21.7 Å². The maximum atomic E-state index is 13.9. The highest BCUT2D eigenvalue weighted by molar-refractivity contribution is 7.86. The van der Waals surface area contributed by atoms with E-state index in [1.165, 1.54) is 12.1 Å². The highest BCUT2D eigenvalue weighted by Gasteiger charge is 2.33. The molecule has 1 heterocycles. The van der Waals surface area contributed by atoms with Crippen LogP contribution >= 0.6 is 0 Å². The summed E-state index contributed by atoms with van der Waals surface area (Å²) >= 11 is 0. The lowest BCUT2D eigenvalue weighted by Crippen LogP contribution is -2.55. The topological polar surface area (TPSA) is 111 Å². The number of aryl methyl sites for hydroxylation is 3. The number of imide groups is 1. The van der Waals surface area contributed by atoms with Crippen LogP contribution in [0, 0.1) is 27.7 Å². The van der Waals surface area contributed by atoms with Gasteiger partial charge in [0.05, 0.1) is 4.90 Å². The first-order chi connectivity index (χ1) is 19.1. The van der Waals surface area contributed by atoms with Crippen molar-refractivity contribution in [3.8, 4) is 11.5 Å². The molecule has 4 rings (SSSR count). The molecule has 1 N–H and O–H groups in total. The van der Waals surface area contributed by atoms with Crippen molar-refractivity contribution in [3.63, 3.8) is 0 Å². The zero-order valence-corrected chi connectivity index (χ0v) is 25.2. The molecule has 0 bridgehead atoms. The minimum absolute atomic E-state index is 0.0456. The van der Waals surface area contributed by atoms with Gasteiger partial charge in [-0.1, -0.05) is 34.9 Å². The van der Waals surface area contributed by atoms with Gasteiger partial charge in [-0.25, -0.2) is 10.4 Å². The summed E-state index contributed by atoms with van der Waals surface area (Å²) in [5, 5.41) is 1.03. The fraction of sp³-hybridized carbons (Fsp3) is 0.355. The fourth-order valence-electron chi connectivity index (χ4n) is 4.44. The molecule has 1 atom stereocenters. The molecular weight excluding hydrogens is 544 g/mol. The Morgan fingerprint density at radius 3 is 2.17 bits per heavy atom. The van der Waals surface area contributed by atoms with E-state index in [1.54, 1.807) is 43.3 Å². The summed E-state index contributed by atoms with van der Waals surface area (Å²) in [6, 6.07) is 15.0. The summed E-state index contributed by atoms with van der Waals surface area (Å²) in [4.78, 5) is 27.5. The number of nitrogens with one attached hydrogen (secondary N) is 1. The average Bonchev–Trinajstić information content (AvgIpc) is 2.89. The average molecular weight is 581 g/mol. The first-order valence-corrected chi connectivity index (χ1v) is 14.7. The number of carbonyl (C=O) groups excluding carboxylic acids is 2. The molecule has 1 aliphatic heterocycles. The van der Waals surface area contributed by atoms with Gasteiger partial charge in [-0.15, -0.1) is 0 Å². The molecule has 41 heavy (non-hydrogen) atoms. The van der Waals surface area contributed by atoms with E-state index in [4.69, 9.17) is 13.7 Å². The Hall–Kier alpha value is -3.73. The first kappa shape index (κ1) is 30.2. The lowest BCUT2D eigenvalue weighted by Gasteiger charge is -2.32. The highest BCUT2D eigenvalue weighted by Crippen LogP contribution is 2.37. The molecule has 218 valence electrons. The van der Waals surface area contributed by atoms with Crippen molar-refractivity contribution in [3.05, 3.63) is 88.0 Å². The van der Waals surface area contributed by atoms with Crippen LogP contribution in [0.2, 0.25) is 0 Å². The fourth-order valence-corrected chi connectivity index (χ4v) is 5.38. The Kier molecular flexibility index (Phi) is 8.58. The Morgan fingerprint density at radius 1 is 0.927 bits per heavy atom. The van der Waals surface area contributed by atoms with E-state index in [2.05, 4.69) is 5.43 Å². The lowest BCUT2D eigenvalue weighted by atomic mass is 10.0. The smallest absolute Gasteiger partial charge is 0.297 e. The quantitative estimate of drug-likeness (QED) is 0.235. The largest absolute Gasteiger partial charge is 0.486 e. The first-order valence-electron chi connectivity index (χ1n) is 13.3. The molecule has 0 spiro atoms. The van der Waals surface area contributed by atoms with Gasteiger partial charge in [-0.3, -0.25) is 13.8 Å². The predicted octanol–water partition coefficient (Wildman–Crippen LogP) is 5.05. The van der Waals surface area contributed by atoms with Gasteiger partial charge in [-0.2, -0.15) is 8.42 Å². The van der Waals surface area contributed by atoms with Crippen molar-refractivity contribution in [2.24, 2.45) is 0 Å². The third kappa shape index (κ3) is 7.13. The van der Waals surface area contributed by atoms with Gasteiger partial charge in [0.15, 0.2) is 17.6 Å². The summed E-state index contributed by atoms with van der Waals surface area (Å²) in [5.41, 5.74) is 6.25. The maximum absolute atomic E-state index is 13.9. The zero-order valence-electron chi connectivity index (χ0n) is 24.4. The molecule has 0 aliphatic carbocycles. The maximum Gasteiger partial charge on any atom is 0.297 e. The molecular formula is C31H36N2O7S. The van der Waals surface area contributed by atoms with E-state index in [-0.39, 0.29) is 29.4 Å². The molecule has 0 saturated carbocycles. The van der Waals surface area contributed by atoms with Crippen LogP contribution < -0.4 is 14.9 Å². The second-order valence-corrected chi connectivity index (χ2v) is 13.0. The van der Waals surface area contributed by atoms with Gasteiger partial charge in [0.1, 0.15) is 13.2 Å². The minimum atomic E-state index is -4.00. The monoisotopic (exact) mass is 580 g/mol. The van der Waals surface area contributed by atoms with Crippen molar-refractivity contribution >= 4 is 21.9 Å². The summed E-state index contributed by atoms with van der Waals surface area (Å²) in [6.07, 6.45) is -0.743. The molecule has 1 aliphatic rings. The van der Waals surface area contributed by atoms with Crippen molar-refractivity contribution in [1.82, 2.24) is 10.4 Å². The van der Waals surface area contributed by atoms with Gasteiger partial charge in [0, 0.05) is 22.2 Å². The van der Waals surface area contributed by atoms with E-state index < -0.39 is 33.6 Å². The highest BCUT2D eigenvalue weighted by atomic mass is 32.2. The molecule has 3 aromatic rings. The number of ether oxygens (including phenoxy) is 2. The molecule has 1 unspecified atom stereocenters. The summed E-state index contributed by atoms with van der Waals surface area (Å²) < 4.78 is 42.4. The number of hydrogen-bond donors (Lipinski definition) is 1. The van der Waals surface area contributed by atoms with Gasteiger partial charge in [-0.05, 0) is 84.9 Å². The SMILES string of the molecule is Cc1ccc(S(=O)(=O)OCC2COc3ccc(C(=O)N(NC(C)(C)C)C(=O)c4cc(C)cc(C)c4)c(C)c3O2)cc1. The number of fused-ring (bicyclic) bond motifs is 1. The van der Waals surface area contributed by atoms with E-state index in [1.807, 2.05) is 47.6 Å². The standard InChI is InChI=1S/C31H36N2O7S/c1-19-8-10-25(11-9-19)41(36,37)39-18-24-17-38-27-13-12-26(22(4)28(27)40-24)30(35)33(32-31(5,6)7)29(34)23-15-20(2)14-21(3)16-23/h8-16,24,32H,17-18H2,1-7H3. The normalized spacial score (nSPS) is 15.0. The zero-order chi connectivity index (χ0) is 30.1. The van der Waals surface area contributed by atoms with Crippen LogP contribution in [0.1, 0.15) is 63.7 Å². The van der Waals surface area contributed by atoms with Crippen LogP contribution in [-0.4, -0.2) is 50.1 Å². The third-order valence-corrected chi connectivity index (χ3v) is 7.65. The van der Waals surface area contributed by atoms with Crippen LogP contribution in [0.15, 0.2) is 59.5 Å². The third-order valence-electron chi connectivity index (χ3n) is 6.35. The van der Waals surface area contributed by atoms with Crippen molar-refractivity contribution in [1.29, 1.82) is 0 Å². The van der Waals surface area contributed by atoms with Crippen molar-refractivity contribution in [2.75, 3.05) is 13.2 Å². The number of rotatable bonds is 7. The molecule has 0 fully saturated rings. The number of benzene rings is 3. The van der Waals surface area contributed by atoms with Crippen LogP contribution in [0.25, 0.3) is 0 Å². The van der Waals surface area contributed by atoms with Crippen molar-refractivity contribution < 1.29 is 31.7 Å². The van der Waals surface area contributed by atoms with E-state index >= 15 is 0 Å². The van der Waals surface area contributed by atoms with Gasteiger partial charge >= 0.3 is 0 Å². The number of hydrogen-bond acceptors (Lipinski definition) is 8. The van der Waals surface area contributed by atoms with Crippen LogP contribution in [0.3, 0.4) is 0 Å². The second-order valence-electron chi connectivity index (χ2n) is 11.4. The summed E-state index contributed by atoms with van der Waals surface area (Å²) in [5.74, 6) is -0.349. The molecule has 0 aromatic heterocycles. The Labute approximate surface area is 241 Å². The van der Waals surface area contributed by atoms with Crippen LogP contribution in [0.4, 0.5) is 0 Å². The molecule has 10 heteroatoms. The number of hydrazine groups is 1. The number of amides is 2. The summed E-state index contributed by atoms with van der Waals surface area (Å²) in [7, 11) is -4.00. The second kappa shape index (κ2) is 11.6. The Bertz CT molecular complexity index is 1550. The van der Waals surface area contributed by atoms with Gasteiger partial charge in [0.2, 0.25) is 0 Å². The number of carbonyl (C=O) groups is 2. The van der Waals surface area contributed by atoms with Crippen LogP contribution in [0.5, 0.6) is 11.5 Å². The molecule has 0 radical (unpaired) electrons. The Balaban J connectivity index is 1.58. The molecule has 3 aromatic carbocycles. The molecule has 0 saturated heterocycles. The molecule has 2 amide bonds. The minimum Gasteiger partial charge on any atom is -0.486 e. The predicted molar refractivity (Wildman–Crippen MR) is 155 cm³/mol. The van der Waals surface area contributed by atoms with Gasteiger partial charge < -0.3 is 9.47 Å². The number of nitrogens with zero attached hydrogens (tertiary/aromatic N) is 1. The van der Waals surface area contributed by atoms with Gasteiger partial charge in [0.25, 0.3) is 21.9 Å². The van der Waals surface area contributed by atoms with Crippen LogP contribution in [-0.2, 0) is 14.3 Å².